The van der Waals surface area contributed by atoms with Gasteiger partial charge in [0.1, 0.15) is 0 Å². The third-order valence-electron chi connectivity index (χ3n) is 10.5. The normalized spacial score (nSPS) is 11.3. The Morgan fingerprint density at radius 3 is 1.42 bits per heavy atom. The van der Waals surface area contributed by atoms with Crippen LogP contribution in [0.15, 0.2) is 218 Å². The van der Waals surface area contributed by atoms with Crippen molar-refractivity contribution < 1.29 is 0 Å². The number of para-hydroxylation sites is 2. The molecule has 10 aromatic rings. The van der Waals surface area contributed by atoms with Crippen LogP contribution in [0.2, 0.25) is 0 Å². The van der Waals surface area contributed by atoms with Gasteiger partial charge in [-0.3, -0.25) is 0 Å². The summed E-state index contributed by atoms with van der Waals surface area (Å²) in [5.74, 6) is 0. The van der Waals surface area contributed by atoms with Crippen LogP contribution in [-0.4, -0.2) is 0 Å². The molecule has 0 amide bonds. The number of hydrogen-bond acceptors (Lipinski definition) is 3. The van der Waals surface area contributed by atoms with Crippen LogP contribution < -0.4 is 9.80 Å². The molecule has 2 nitrogen and oxygen atoms in total. The van der Waals surface area contributed by atoms with Crippen LogP contribution in [0.25, 0.3) is 53.2 Å². The minimum absolute atomic E-state index is 1.11. The maximum atomic E-state index is 2.40. The van der Waals surface area contributed by atoms with Gasteiger partial charge in [0.2, 0.25) is 0 Å². The van der Waals surface area contributed by atoms with Gasteiger partial charge in [-0.1, -0.05) is 146 Å². The van der Waals surface area contributed by atoms with Crippen LogP contribution in [0.4, 0.5) is 34.1 Å². The number of rotatable bonds is 8. The van der Waals surface area contributed by atoms with Crippen molar-refractivity contribution in [3.8, 4) is 22.3 Å². The van der Waals surface area contributed by atoms with Gasteiger partial charge in [0, 0.05) is 54.0 Å². The molecule has 0 saturated carbocycles. The summed E-state index contributed by atoms with van der Waals surface area (Å²) in [7, 11) is 0. The first-order chi connectivity index (χ1) is 27.3. The third kappa shape index (κ3) is 6.11. The topological polar surface area (TPSA) is 6.48 Å². The maximum absolute atomic E-state index is 2.40. The molecule has 55 heavy (non-hydrogen) atoms. The van der Waals surface area contributed by atoms with E-state index in [0.717, 1.165) is 34.1 Å². The summed E-state index contributed by atoms with van der Waals surface area (Å²) < 4.78 is 2.60. The van der Waals surface area contributed by atoms with E-state index in [1.165, 1.54) is 53.2 Å². The molecule has 0 radical (unpaired) electrons. The zero-order chi connectivity index (χ0) is 36.6. The number of thiophene rings is 1. The molecule has 1 heterocycles. The Bertz CT molecular complexity index is 2900. The Morgan fingerprint density at radius 2 is 0.745 bits per heavy atom. The highest BCUT2D eigenvalue weighted by Gasteiger charge is 2.19. The molecule has 1 aromatic heterocycles. The largest absolute Gasteiger partial charge is 0.311 e. The first-order valence-corrected chi connectivity index (χ1v) is 19.5. The van der Waals surface area contributed by atoms with Gasteiger partial charge in [-0.05, 0) is 100 Å². The summed E-state index contributed by atoms with van der Waals surface area (Å²) in [4.78, 5) is 4.73. The predicted octanol–water partition coefficient (Wildman–Crippen LogP) is 15.5. The van der Waals surface area contributed by atoms with E-state index in [9.17, 15) is 0 Å². The van der Waals surface area contributed by atoms with E-state index in [-0.39, 0.29) is 0 Å². The second-order valence-corrected chi connectivity index (χ2v) is 14.8. The zero-order valence-electron chi connectivity index (χ0n) is 30.1. The average Bonchev–Trinajstić information content (AvgIpc) is 3.64. The van der Waals surface area contributed by atoms with Crippen LogP contribution in [0, 0.1) is 0 Å². The van der Waals surface area contributed by atoms with E-state index in [4.69, 9.17) is 0 Å². The molecule has 0 saturated heterocycles. The van der Waals surface area contributed by atoms with Crippen molar-refractivity contribution in [2.45, 2.75) is 0 Å². The molecule has 0 N–H and O–H groups in total. The minimum Gasteiger partial charge on any atom is -0.311 e. The Labute approximate surface area is 325 Å². The van der Waals surface area contributed by atoms with Crippen molar-refractivity contribution in [3.05, 3.63) is 218 Å². The average molecular weight is 721 g/mol. The number of anilines is 6. The zero-order valence-corrected chi connectivity index (χ0v) is 30.9. The second-order valence-electron chi connectivity index (χ2n) is 13.8. The first-order valence-electron chi connectivity index (χ1n) is 18.7. The van der Waals surface area contributed by atoms with Crippen LogP contribution in [0.5, 0.6) is 0 Å². The number of nitrogens with zero attached hydrogens (tertiary/aromatic N) is 2. The van der Waals surface area contributed by atoms with Crippen molar-refractivity contribution in [3.63, 3.8) is 0 Å². The van der Waals surface area contributed by atoms with E-state index < -0.39 is 0 Å². The lowest BCUT2D eigenvalue weighted by molar-refractivity contribution is 1.28. The predicted molar refractivity (Wildman–Crippen MR) is 237 cm³/mol. The van der Waals surface area contributed by atoms with Crippen LogP contribution in [0.3, 0.4) is 0 Å². The van der Waals surface area contributed by atoms with E-state index in [2.05, 4.69) is 228 Å². The van der Waals surface area contributed by atoms with Gasteiger partial charge < -0.3 is 9.80 Å². The number of hydrogen-bond donors (Lipinski definition) is 0. The van der Waals surface area contributed by atoms with E-state index in [1.807, 2.05) is 11.3 Å². The monoisotopic (exact) mass is 720 g/mol. The summed E-state index contributed by atoms with van der Waals surface area (Å²) >= 11 is 1.86. The van der Waals surface area contributed by atoms with Crippen LogP contribution in [0.1, 0.15) is 0 Å². The molecule has 0 unspecified atom stereocenters. The lowest BCUT2D eigenvalue weighted by atomic mass is 9.96. The molecular weight excluding hydrogens is 685 g/mol. The van der Waals surface area contributed by atoms with E-state index in [0.29, 0.717) is 0 Å². The van der Waals surface area contributed by atoms with Gasteiger partial charge in [-0.15, -0.1) is 11.3 Å². The van der Waals surface area contributed by atoms with Gasteiger partial charge >= 0.3 is 0 Å². The standard InChI is InChI=1S/C52H36N2S/c1-4-14-37(15-5-1)38-24-28-42(29-25-38)53(40-16-6-2-7-17-40)43-30-26-39(27-31-43)45-34-35-50(47-21-11-10-20-46(45)47)54(41-18-8-3-9-19-41)44-32-33-49-48-22-12-13-23-51(48)55-52(49)36-44/h1-36H. The molecule has 9 aromatic carbocycles. The molecule has 0 fully saturated rings. The van der Waals surface area contributed by atoms with Gasteiger partial charge in [0.15, 0.2) is 0 Å². The lowest BCUT2D eigenvalue weighted by Crippen LogP contribution is -2.10. The molecule has 0 aliphatic heterocycles. The quantitative estimate of drug-likeness (QED) is 0.154. The smallest absolute Gasteiger partial charge is 0.0540 e. The highest BCUT2D eigenvalue weighted by molar-refractivity contribution is 7.25. The van der Waals surface area contributed by atoms with Crippen molar-refractivity contribution in [2.24, 2.45) is 0 Å². The fourth-order valence-electron chi connectivity index (χ4n) is 7.84. The minimum atomic E-state index is 1.11. The molecule has 0 aliphatic carbocycles. The Morgan fingerprint density at radius 1 is 0.273 bits per heavy atom. The maximum Gasteiger partial charge on any atom is 0.0540 e. The molecule has 0 bridgehead atoms. The first kappa shape index (κ1) is 32.7. The molecule has 10 rings (SSSR count). The third-order valence-corrected chi connectivity index (χ3v) is 11.6. The van der Waals surface area contributed by atoms with Crippen molar-refractivity contribution in [1.82, 2.24) is 0 Å². The van der Waals surface area contributed by atoms with Gasteiger partial charge in [-0.25, -0.2) is 0 Å². The lowest BCUT2D eigenvalue weighted by Gasteiger charge is -2.28. The highest BCUT2D eigenvalue weighted by Crippen LogP contribution is 2.45. The fraction of sp³-hybridized carbons (Fsp3) is 0. The fourth-order valence-corrected chi connectivity index (χ4v) is 8.97. The van der Waals surface area contributed by atoms with Crippen molar-refractivity contribution >= 4 is 76.4 Å². The van der Waals surface area contributed by atoms with Gasteiger partial charge in [0.25, 0.3) is 0 Å². The highest BCUT2D eigenvalue weighted by atomic mass is 32.1. The number of benzene rings is 9. The van der Waals surface area contributed by atoms with Gasteiger partial charge in [-0.2, -0.15) is 0 Å². The van der Waals surface area contributed by atoms with Crippen molar-refractivity contribution in [2.75, 3.05) is 9.80 Å². The molecule has 0 spiro atoms. The summed E-state index contributed by atoms with van der Waals surface area (Å²) in [5, 5.41) is 5.03. The summed E-state index contributed by atoms with van der Waals surface area (Å²) in [6.45, 7) is 0. The SMILES string of the molecule is c1ccc(-c2ccc(N(c3ccccc3)c3ccc(-c4ccc(N(c5ccccc5)c5ccc6c(c5)sc5ccccc56)c5ccccc45)cc3)cc2)cc1. The Kier molecular flexibility index (Phi) is 8.40. The summed E-state index contributed by atoms with van der Waals surface area (Å²) in [6, 6.07) is 78.7. The number of fused-ring (bicyclic) bond motifs is 4. The molecular formula is C52H36N2S. The van der Waals surface area contributed by atoms with E-state index >= 15 is 0 Å². The van der Waals surface area contributed by atoms with Crippen LogP contribution in [-0.2, 0) is 0 Å². The summed E-state index contributed by atoms with van der Waals surface area (Å²) in [6.07, 6.45) is 0. The van der Waals surface area contributed by atoms with Crippen LogP contribution >= 0.6 is 11.3 Å². The Hall–Kier alpha value is -6.94. The Balaban J connectivity index is 1.05. The van der Waals surface area contributed by atoms with Crippen molar-refractivity contribution in [1.29, 1.82) is 0 Å². The second kappa shape index (κ2) is 14.1. The van der Waals surface area contributed by atoms with Gasteiger partial charge in [0.05, 0.1) is 5.69 Å². The molecule has 0 atom stereocenters. The molecule has 0 aliphatic rings. The van der Waals surface area contributed by atoms with E-state index in [1.54, 1.807) is 0 Å². The summed E-state index contributed by atoms with van der Waals surface area (Å²) in [5.41, 5.74) is 11.6. The molecule has 260 valence electrons. The molecule has 3 heteroatoms.